The summed E-state index contributed by atoms with van der Waals surface area (Å²) in [5.41, 5.74) is 5.90. The summed E-state index contributed by atoms with van der Waals surface area (Å²) in [4.78, 5) is 23.2. The van der Waals surface area contributed by atoms with Crippen LogP contribution in [0.5, 0.6) is 0 Å². The quantitative estimate of drug-likeness (QED) is 0.635. The Balaban J connectivity index is 2.69. The Morgan fingerprint density at radius 1 is 1.53 bits per heavy atom. The van der Waals surface area contributed by atoms with Crippen LogP contribution >= 0.6 is 11.3 Å². The second-order valence-corrected chi connectivity index (χ2v) is 3.94. The number of thiophene rings is 1. The summed E-state index contributed by atoms with van der Waals surface area (Å²) in [7, 11) is 1.51. The Kier molecular flexibility index (Phi) is 5.20. The van der Waals surface area contributed by atoms with Gasteiger partial charge in [-0.2, -0.15) is 0 Å². The Hall–Kier alpha value is -1.84. The van der Waals surface area contributed by atoms with Gasteiger partial charge in [0.05, 0.1) is 13.1 Å². The minimum absolute atomic E-state index is 0.0447. The first-order chi connectivity index (χ1) is 8.19. The van der Waals surface area contributed by atoms with Crippen LogP contribution in [0.2, 0.25) is 0 Å². The van der Waals surface area contributed by atoms with Gasteiger partial charge >= 0.3 is 0 Å². The minimum Gasteiger partial charge on any atom is -0.358 e. The van der Waals surface area contributed by atoms with Crippen molar-refractivity contribution in [1.82, 2.24) is 10.6 Å². The number of nitrogens with one attached hydrogen (secondary N) is 2. The van der Waals surface area contributed by atoms with Crippen LogP contribution in [-0.2, 0) is 4.79 Å². The molecular weight excluding hydrogens is 238 g/mol. The van der Waals surface area contributed by atoms with Crippen molar-refractivity contribution in [1.29, 1.82) is 0 Å². The average Bonchev–Trinajstić information content (AvgIpc) is 2.81. The molecule has 4 N–H and O–H groups in total. The van der Waals surface area contributed by atoms with E-state index in [1.54, 1.807) is 11.4 Å². The van der Waals surface area contributed by atoms with E-state index in [0.717, 1.165) is 0 Å². The molecule has 6 heteroatoms. The number of rotatable bonds is 3. The van der Waals surface area contributed by atoms with E-state index in [2.05, 4.69) is 22.5 Å². The Bertz CT molecular complexity index is 471. The third-order valence-electron chi connectivity index (χ3n) is 1.88. The van der Waals surface area contributed by atoms with Crippen LogP contribution in [0.4, 0.5) is 0 Å². The lowest BCUT2D eigenvalue weighted by molar-refractivity contribution is -0.119. The summed E-state index contributed by atoms with van der Waals surface area (Å²) in [6, 6.07) is 1.75. The number of amides is 2. The third kappa shape index (κ3) is 3.90. The number of likely N-dealkylation sites (N-methyl/N-ethyl adjacent to an activating group) is 1. The number of carbonyl (C=O) groups excluding carboxylic acids is 2. The van der Waals surface area contributed by atoms with Gasteiger partial charge in [-0.1, -0.05) is 11.8 Å². The predicted molar refractivity (Wildman–Crippen MR) is 66.7 cm³/mol. The van der Waals surface area contributed by atoms with Crippen LogP contribution in [0.1, 0.15) is 15.2 Å². The summed E-state index contributed by atoms with van der Waals surface area (Å²) < 4.78 is 0. The van der Waals surface area contributed by atoms with Crippen LogP contribution in [0.25, 0.3) is 0 Å². The highest BCUT2D eigenvalue weighted by Gasteiger charge is 2.12. The van der Waals surface area contributed by atoms with Gasteiger partial charge in [0, 0.05) is 12.6 Å². The van der Waals surface area contributed by atoms with E-state index in [1.165, 1.54) is 18.4 Å². The standard InChI is InChI=1S/C11H13N3O2S/c1-13-9(15)7-14-11(16)10-8(3-2-5-12)4-6-17-10/h4,6H,5,7,12H2,1H3,(H,13,15)(H,14,16). The molecule has 1 aromatic rings. The SMILES string of the molecule is CNC(=O)CNC(=O)c1sccc1C#CCN. The molecule has 0 unspecified atom stereocenters. The van der Waals surface area contributed by atoms with Crippen molar-refractivity contribution in [3.8, 4) is 11.8 Å². The topological polar surface area (TPSA) is 84.2 Å². The number of carbonyl (C=O) groups is 2. The molecule has 0 aliphatic rings. The molecule has 0 aliphatic heterocycles. The zero-order valence-electron chi connectivity index (χ0n) is 9.37. The normalized spacial score (nSPS) is 9.06. The molecule has 0 aromatic carbocycles. The van der Waals surface area contributed by atoms with E-state index in [1.807, 2.05) is 0 Å². The van der Waals surface area contributed by atoms with Crippen LogP contribution in [-0.4, -0.2) is 32.0 Å². The summed E-state index contributed by atoms with van der Waals surface area (Å²) in [5, 5.41) is 6.71. The van der Waals surface area contributed by atoms with Crippen molar-refractivity contribution < 1.29 is 9.59 Å². The van der Waals surface area contributed by atoms with Gasteiger partial charge in [-0.25, -0.2) is 0 Å². The van der Waals surface area contributed by atoms with Gasteiger partial charge in [0.15, 0.2) is 0 Å². The summed E-state index contributed by atoms with van der Waals surface area (Å²) >= 11 is 1.28. The van der Waals surface area contributed by atoms with Crippen molar-refractivity contribution in [2.75, 3.05) is 20.1 Å². The molecule has 0 saturated heterocycles. The third-order valence-corrected chi connectivity index (χ3v) is 2.80. The molecule has 1 aromatic heterocycles. The van der Waals surface area contributed by atoms with E-state index in [9.17, 15) is 9.59 Å². The Labute approximate surface area is 103 Å². The number of hydrogen-bond donors (Lipinski definition) is 3. The maximum absolute atomic E-state index is 11.7. The fraction of sp³-hybridized carbons (Fsp3) is 0.273. The average molecular weight is 251 g/mol. The van der Waals surface area contributed by atoms with Gasteiger partial charge in [0.25, 0.3) is 5.91 Å². The van der Waals surface area contributed by atoms with Crippen LogP contribution in [0.3, 0.4) is 0 Å². The first-order valence-corrected chi connectivity index (χ1v) is 5.82. The first kappa shape index (κ1) is 13.2. The van der Waals surface area contributed by atoms with E-state index < -0.39 is 0 Å². The largest absolute Gasteiger partial charge is 0.358 e. The zero-order chi connectivity index (χ0) is 12.7. The van der Waals surface area contributed by atoms with Crippen molar-refractivity contribution >= 4 is 23.2 Å². The molecule has 1 rings (SSSR count). The molecule has 17 heavy (non-hydrogen) atoms. The van der Waals surface area contributed by atoms with Crippen molar-refractivity contribution in [3.63, 3.8) is 0 Å². The molecule has 0 atom stereocenters. The molecular formula is C11H13N3O2S. The maximum Gasteiger partial charge on any atom is 0.263 e. The lowest BCUT2D eigenvalue weighted by Crippen LogP contribution is -2.35. The molecule has 90 valence electrons. The molecule has 0 spiro atoms. The van der Waals surface area contributed by atoms with Crippen LogP contribution in [0.15, 0.2) is 11.4 Å². The lowest BCUT2D eigenvalue weighted by atomic mass is 10.2. The van der Waals surface area contributed by atoms with Crippen molar-refractivity contribution in [2.24, 2.45) is 5.73 Å². The van der Waals surface area contributed by atoms with Gasteiger partial charge in [0.1, 0.15) is 4.88 Å². The number of hydrogen-bond acceptors (Lipinski definition) is 4. The zero-order valence-corrected chi connectivity index (χ0v) is 10.2. The highest BCUT2D eigenvalue weighted by atomic mass is 32.1. The Morgan fingerprint density at radius 2 is 2.29 bits per heavy atom. The van der Waals surface area contributed by atoms with Gasteiger partial charge in [-0.3, -0.25) is 9.59 Å². The Morgan fingerprint density at radius 3 is 2.94 bits per heavy atom. The highest BCUT2D eigenvalue weighted by Crippen LogP contribution is 2.15. The molecule has 5 nitrogen and oxygen atoms in total. The van der Waals surface area contributed by atoms with Crippen molar-refractivity contribution in [3.05, 3.63) is 21.9 Å². The first-order valence-electron chi connectivity index (χ1n) is 4.94. The summed E-state index contributed by atoms with van der Waals surface area (Å²) in [5.74, 6) is 4.95. The molecule has 0 saturated carbocycles. The fourth-order valence-corrected chi connectivity index (χ4v) is 1.82. The smallest absolute Gasteiger partial charge is 0.263 e. The van der Waals surface area contributed by atoms with Crippen LogP contribution < -0.4 is 16.4 Å². The van der Waals surface area contributed by atoms with Gasteiger partial charge in [-0.15, -0.1) is 11.3 Å². The van der Waals surface area contributed by atoms with Crippen LogP contribution in [0, 0.1) is 11.8 Å². The second kappa shape index (κ2) is 6.68. The van der Waals surface area contributed by atoms with E-state index in [-0.39, 0.29) is 24.9 Å². The predicted octanol–water partition coefficient (Wildman–Crippen LogP) is -0.466. The highest BCUT2D eigenvalue weighted by molar-refractivity contribution is 7.12. The molecule has 0 bridgehead atoms. The van der Waals surface area contributed by atoms with E-state index in [0.29, 0.717) is 10.4 Å². The maximum atomic E-state index is 11.7. The van der Waals surface area contributed by atoms with Gasteiger partial charge in [0.2, 0.25) is 5.91 Å². The molecule has 2 amide bonds. The molecule has 0 radical (unpaired) electrons. The fourth-order valence-electron chi connectivity index (χ4n) is 1.06. The number of nitrogens with two attached hydrogens (primary N) is 1. The summed E-state index contributed by atoms with van der Waals surface area (Å²) in [6.45, 7) is 0.201. The second-order valence-electron chi connectivity index (χ2n) is 3.03. The lowest BCUT2D eigenvalue weighted by Gasteiger charge is -2.02. The monoisotopic (exact) mass is 251 g/mol. The van der Waals surface area contributed by atoms with Gasteiger partial charge in [-0.05, 0) is 11.4 Å². The van der Waals surface area contributed by atoms with Crippen molar-refractivity contribution in [2.45, 2.75) is 0 Å². The van der Waals surface area contributed by atoms with E-state index in [4.69, 9.17) is 5.73 Å². The molecule has 1 heterocycles. The van der Waals surface area contributed by atoms with Gasteiger partial charge < -0.3 is 16.4 Å². The molecule has 0 aliphatic carbocycles. The van der Waals surface area contributed by atoms with E-state index >= 15 is 0 Å². The minimum atomic E-state index is -0.301. The molecule has 0 fully saturated rings. The summed E-state index contributed by atoms with van der Waals surface area (Å²) in [6.07, 6.45) is 0.